The number of phenolic OH excluding ortho intramolecular Hbond substituents is 1. The van der Waals surface area contributed by atoms with Crippen molar-refractivity contribution in [3.63, 3.8) is 0 Å². The van der Waals surface area contributed by atoms with Gasteiger partial charge in [0.1, 0.15) is 5.75 Å². The first kappa shape index (κ1) is 12.3. The lowest BCUT2D eigenvalue weighted by Crippen LogP contribution is -2.16. The summed E-state index contributed by atoms with van der Waals surface area (Å²) in [6.45, 7) is 6.16. The number of hydrogen-bond acceptors (Lipinski definition) is 2. The van der Waals surface area contributed by atoms with Crippen LogP contribution in [0.3, 0.4) is 0 Å². The van der Waals surface area contributed by atoms with Crippen LogP contribution in [0.1, 0.15) is 25.8 Å². The fourth-order valence-corrected chi connectivity index (χ4v) is 1.53. The average Bonchev–Trinajstić information content (AvgIpc) is 2.14. The zero-order valence-electron chi connectivity index (χ0n) is 9.26. The van der Waals surface area contributed by atoms with Gasteiger partial charge in [-0.15, -0.1) is 0 Å². The molecule has 15 heavy (non-hydrogen) atoms. The van der Waals surface area contributed by atoms with Crippen molar-refractivity contribution < 1.29 is 5.11 Å². The molecule has 0 aromatic heterocycles. The maximum absolute atomic E-state index is 9.18. The molecule has 84 valence electrons. The molecular weight excluding hydrogens is 210 g/mol. The molecule has 0 amide bonds. The summed E-state index contributed by atoms with van der Waals surface area (Å²) in [7, 11) is 0. The van der Waals surface area contributed by atoms with E-state index in [2.05, 4.69) is 19.2 Å². The van der Waals surface area contributed by atoms with E-state index in [4.69, 9.17) is 11.6 Å². The van der Waals surface area contributed by atoms with Crippen LogP contribution in [0.4, 0.5) is 0 Å². The fourth-order valence-electron chi connectivity index (χ4n) is 1.29. The average molecular weight is 228 g/mol. The standard InChI is InChI=1S/C12H18ClNO/c1-9(2)5-6-14-8-10-3-4-11(15)7-12(10)13/h3-4,7,9,14-15H,5-6,8H2,1-2H3. The van der Waals surface area contributed by atoms with Crippen LogP contribution in [0.2, 0.25) is 5.02 Å². The first-order valence-corrected chi connectivity index (χ1v) is 5.65. The van der Waals surface area contributed by atoms with Gasteiger partial charge in [-0.2, -0.15) is 0 Å². The third kappa shape index (κ3) is 4.54. The summed E-state index contributed by atoms with van der Waals surface area (Å²) in [5.41, 5.74) is 1.03. The number of halogens is 1. The molecule has 0 spiro atoms. The van der Waals surface area contributed by atoms with E-state index >= 15 is 0 Å². The Morgan fingerprint density at radius 1 is 1.40 bits per heavy atom. The number of rotatable bonds is 5. The molecule has 0 aliphatic heterocycles. The summed E-state index contributed by atoms with van der Waals surface area (Å²) >= 11 is 5.97. The van der Waals surface area contributed by atoms with E-state index in [0.29, 0.717) is 10.9 Å². The van der Waals surface area contributed by atoms with E-state index in [1.54, 1.807) is 12.1 Å². The van der Waals surface area contributed by atoms with Gasteiger partial charge in [0.05, 0.1) is 0 Å². The van der Waals surface area contributed by atoms with Gasteiger partial charge in [-0.1, -0.05) is 31.5 Å². The van der Waals surface area contributed by atoms with Gasteiger partial charge in [0.2, 0.25) is 0 Å². The first-order valence-electron chi connectivity index (χ1n) is 5.27. The summed E-state index contributed by atoms with van der Waals surface area (Å²) in [6.07, 6.45) is 1.16. The quantitative estimate of drug-likeness (QED) is 0.758. The molecule has 0 unspecified atom stereocenters. The van der Waals surface area contributed by atoms with Gasteiger partial charge in [-0.3, -0.25) is 0 Å². The second-order valence-electron chi connectivity index (χ2n) is 4.14. The van der Waals surface area contributed by atoms with Gasteiger partial charge >= 0.3 is 0 Å². The Kier molecular flexibility index (Phi) is 4.92. The first-order chi connectivity index (χ1) is 7.09. The van der Waals surface area contributed by atoms with E-state index < -0.39 is 0 Å². The second-order valence-corrected chi connectivity index (χ2v) is 4.54. The van der Waals surface area contributed by atoms with Crippen LogP contribution in [-0.2, 0) is 6.54 Å². The smallest absolute Gasteiger partial charge is 0.117 e. The Morgan fingerprint density at radius 2 is 2.13 bits per heavy atom. The highest BCUT2D eigenvalue weighted by atomic mass is 35.5. The van der Waals surface area contributed by atoms with Gasteiger partial charge in [-0.25, -0.2) is 0 Å². The zero-order valence-corrected chi connectivity index (χ0v) is 10.0. The van der Waals surface area contributed by atoms with Crippen LogP contribution in [-0.4, -0.2) is 11.7 Å². The number of hydrogen-bond donors (Lipinski definition) is 2. The van der Waals surface area contributed by atoms with Crippen LogP contribution in [0.15, 0.2) is 18.2 Å². The van der Waals surface area contributed by atoms with Gasteiger partial charge in [-0.05, 0) is 36.6 Å². The van der Waals surface area contributed by atoms with Gasteiger partial charge in [0.15, 0.2) is 0 Å². The molecule has 3 heteroatoms. The van der Waals surface area contributed by atoms with Crippen molar-refractivity contribution in [3.05, 3.63) is 28.8 Å². The molecule has 0 saturated heterocycles. The third-order valence-corrected chi connectivity index (χ3v) is 2.60. The lowest BCUT2D eigenvalue weighted by Gasteiger charge is -2.08. The largest absolute Gasteiger partial charge is 0.508 e. The topological polar surface area (TPSA) is 32.3 Å². The number of nitrogens with one attached hydrogen (secondary N) is 1. The Hall–Kier alpha value is -0.730. The van der Waals surface area contributed by atoms with Gasteiger partial charge in [0, 0.05) is 11.6 Å². The maximum atomic E-state index is 9.18. The Balaban J connectivity index is 2.37. The summed E-state index contributed by atoms with van der Waals surface area (Å²) in [6, 6.07) is 5.08. The van der Waals surface area contributed by atoms with Crippen LogP contribution >= 0.6 is 11.6 Å². The van der Waals surface area contributed by atoms with Crippen molar-refractivity contribution in [1.29, 1.82) is 0 Å². The molecule has 1 aromatic rings. The normalized spacial score (nSPS) is 10.9. The SMILES string of the molecule is CC(C)CCNCc1ccc(O)cc1Cl. The molecule has 0 saturated carbocycles. The van der Waals surface area contributed by atoms with Crippen molar-refractivity contribution in [2.45, 2.75) is 26.8 Å². The van der Waals surface area contributed by atoms with Crippen molar-refractivity contribution in [3.8, 4) is 5.75 Å². The lowest BCUT2D eigenvalue weighted by atomic mass is 10.1. The van der Waals surface area contributed by atoms with Crippen LogP contribution in [0.5, 0.6) is 5.75 Å². The molecule has 0 fully saturated rings. The summed E-state index contributed by atoms with van der Waals surface area (Å²) < 4.78 is 0. The Labute approximate surface area is 96.3 Å². The predicted molar refractivity (Wildman–Crippen MR) is 64.3 cm³/mol. The van der Waals surface area contributed by atoms with Crippen molar-refractivity contribution in [2.24, 2.45) is 5.92 Å². The number of aromatic hydroxyl groups is 1. The van der Waals surface area contributed by atoms with Crippen LogP contribution < -0.4 is 5.32 Å². The van der Waals surface area contributed by atoms with Crippen LogP contribution in [0.25, 0.3) is 0 Å². The molecule has 2 nitrogen and oxygen atoms in total. The molecule has 0 atom stereocenters. The molecule has 0 radical (unpaired) electrons. The molecule has 0 heterocycles. The summed E-state index contributed by atoms with van der Waals surface area (Å²) in [5.74, 6) is 0.929. The molecule has 0 aliphatic rings. The Morgan fingerprint density at radius 3 is 2.73 bits per heavy atom. The highest BCUT2D eigenvalue weighted by molar-refractivity contribution is 6.31. The molecule has 1 rings (SSSR count). The molecule has 0 aliphatic carbocycles. The van der Waals surface area contributed by atoms with E-state index in [9.17, 15) is 5.11 Å². The van der Waals surface area contributed by atoms with Crippen molar-refractivity contribution >= 4 is 11.6 Å². The summed E-state index contributed by atoms with van der Waals surface area (Å²) in [5, 5.41) is 13.1. The monoisotopic (exact) mass is 227 g/mol. The maximum Gasteiger partial charge on any atom is 0.117 e. The minimum Gasteiger partial charge on any atom is -0.508 e. The van der Waals surface area contributed by atoms with Crippen LogP contribution in [0, 0.1) is 5.92 Å². The number of phenols is 1. The van der Waals surface area contributed by atoms with Crippen molar-refractivity contribution in [1.82, 2.24) is 5.32 Å². The van der Waals surface area contributed by atoms with E-state index in [1.807, 2.05) is 6.07 Å². The van der Waals surface area contributed by atoms with E-state index in [0.717, 1.165) is 25.1 Å². The fraction of sp³-hybridized carbons (Fsp3) is 0.500. The minimum absolute atomic E-state index is 0.214. The highest BCUT2D eigenvalue weighted by Gasteiger charge is 2.01. The Bertz CT molecular complexity index is 312. The molecule has 2 N–H and O–H groups in total. The lowest BCUT2D eigenvalue weighted by molar-refractivity contribution is 0.475. The van der Waals surface area contributed by atoms with Crippen molar-refractivity contribution in [2.75, 3.05) is 6.54 Å². The molecule has 0 bridgehead atoms. The highest BCUT2D eigenvalue weighted by Crippen LogP contribution is 2.21. The molecule has 1 aromatic carbocycles. The van der Waals surface area contributed by atoms with Gasteiger partial charge in [0.25, 0.3) is 0 Å². The predicted octanol–water partition coefficient (Wildman–Crippen LogP) is 3.18. The number of benzene rings is 1. The summed E-state index contributed by atoms with van der Waals surface area (Å²) in [4.78, 5) is 0. The van der Waals surface area contributed by atoms with E-state index in [-0.39, 0.29) is 5.75 Å². The van der Waals surface area contributed by atoms with E-state index in [1.165, 1.54) is 0 Å². The third-order valence-electron chi connectivity index (χ3n) is 2.25. The second kappa shape index (κ2) is 5.99. The minimum atomic E-state index is 0.214. The zero-order chi connectivity index (χ0) is 11.3. The molecular formula is C12H18ClNO. The van der Waals surface area contributed by atoms with Gasteiger partial charge < -0.3 is 10.4 Å².